The van der Waals surface area contributed by atoms with Gasteiger partial charge in [-0.1, -0.05) is 6.07 Å². The average molecular weight is 307 g/mol. The summed E-state index contributed by atoms with van der Waals surface area (Å²) in [6, 6.07) is 3.67. The number of rotatable bonds is 9. The molecule has 0 aliphatic rings. The summed E-state index contributed by atoms with van der Waals surface area (Å²) in [6.07, 6.45) is 2.83. The van der Waals surface area contributed by atoms with Crippen LogP contribution in [0.3, 0.4) is 0 Å². The predicted molar refractivity (Wildman–Crippen MR) is 87.8 cm³/mol. The number of aliphatic imine (C=N–C) groups is 1. The number of carbonyl (C=O) groups excluding carboxylic acids is 1. The van der Waals surface area contributed by atoms with Gasteiger partial charge in [0.15, 0.2) is 5.96 Å². The topological polar surface area (TPSA) is 102 Å². The van der Waals surface area contributed by atoms with E-state index in [0.717, 1.165) is 12.0 Å². The fourth-order valence-electron chi connectivity index (χ4n) is 1.62. The zero-order valence-corrected chi connectivity index (χ0v) is 13.3. The van der Waals surface area contributed by atoms with Crippen molar-refractivity contribution in [3.05, 3.63) is 23.9 Å². The normalized spacial score (nSPS) is 11.3. The number of aryl methyl sites for hydroxylation is 1. The largest absolute Gasteiger partial charge is 0.382 e. The third-order valence-corrected chi connectivity index (χ3v) is 2.77. The summed E-state index contributed by atoms with van der Waals surface area (Å²) in [6.45, 7) is 6.33. The van der Waals surface area contributed by atoms with Crippen molar-refractivity contribution >= 4 is 17.7 Å². The summed E-state index contributed by atoms with van der Waals surface area (Å²) in [5, 5.41) is 5.63. The van der Waals surface area contributed by atoms with Gasteiger partial charge in [-0.25, -0.2) is 4.98 Å². The standard InChI is InChI=1S/C15H25N5O2/c1-3-22-10-4-8-17-15(16)18-9-7-14(21)20-13-6-5-12(2)11-19-13/h5-6,11H,3-4,7-10H2,1-2H3,(H3,16,17,18)(H,19,20,21). The SMILES string of the molecule is CCOCCCN=C(N)NCCC(=O)Nc1ccc(C)cn1. The van der Waals surface area contributed by atoms with E-state index in [-0.39, 0.29) is 5.91 Å². The van der Waals surface area contributed by atoms with Gasteiger partial charge in [-0.2, -0.15) is 0 Å². The lowest BCUT2D eigenvalue weighted by molar-refractivity contribution is -0.116. The van der Waals surface area contributed by atoms with Gasteiger partial charge in [-0.15, -0.1) is 0 Å². The first kappa shape index (κ1) is 17.9. The molecule has 122 valence electrons. The van der Waals surface area contributed by atoms with Gasteiger partial charge in [0.2, 0.25) is 5.91 Å². The van der Waals surface area contributed by atoms with Gasteiger partial charge in [-0.3, -0.25) is 9.79 Å². The number of nitrogens with two attached hydrogens (primary N) is 1. The molecular weight excluding hydrogens is 282 g/mol. The zero-order chi connectivity index (χ0) is 16.2. The third kappa shape index (κ3) is 8.21. The molecule has 7 nitrogen and oxygen atoms in total. The number of guanidine groups is 1. The number of nitrogens with zero attached hydrogens (tertiary/aromatic N) is 2. The number of anilines is 1. The second kappa shape index (κ2) is 10.6. The van der Waals surface area contributed by atoms with Gasteiger partial charge in [-0.05, 0) is 31.9 Å². The van der Waals surface area contributed by atoms with Crippen molar-refractivity contribution in [2.45, 2.75) is 26.7 Å². The molecule has 0 saturated carbocycles. The number of hydrogen-bond acceptors (Lipinski definition) is 4. The first-order chi connectivity index (χ1) is 10.6. The molecule has 1 heterocycles. The number of amides is 1. The van der Waals surface area contributed by atoms with E-state index >= 15 is 0 Å². The minimum Gasteiger partial charge on any atom is -0.382 e. The molecule has 1 amide bonds. The van der Waals surface area contributed by atoms with E-state index in [1.807, 2.05) is 19.9 Å². The molecule has 0 fully saturated rings. The van der Waals surface area contributed by atoms with Gasteiger partial charge < -0.3 is 21.1 Å². The Bertz CT molecular complexity index is 473. The molecule has 0 spiro atoms. The zero-order valence-electron chi connectivity index (χ0n) is 13.3. The predicted octanol–water partition coefficient (Wildman–Crippen LogP) is 1.05. The fraction of sp³-hybridized carbons (Fsp3) is 0.533. The molecule has 7 heteroatoms. The monoisotopic (exact) mass is 307 g/mol. The molecule has 22 heavy (non-hydrogen) atoms. The van der Waals surface area contributed by atoms with Crippen molar-refractivity contribution < 1.29 is 9.53 Å². The molecule has 0 aliphatic carbocycles. The molecular formula is C15H25N5O2. The number of nitrogens with one attached hydrogen (secondary N) is 2. The summed E-state index contributed by atoms with van der Waals surface area (Å²) in [5.74, 6) is 0.777. The van der Waals surface area contributed by atoms with Crippen LogP contribution in [0.15, 0.2) is 23.3 Å². The van der Waals surface area contributed by atoms with Gasteiger partial charge in [0.25, 0.3) is 0 Å². The van der Waals surface area contributed by atoms with E-state index in [1.165, 1.54) is 0 Å². The number of pyridine rings is 1. The average Bonchev–Trinajstić information content (AvgIpc) is 2.49. The lowest BCUT2D eigenvalue weighted by Gasteiger charge is -2.07. The summed E-state index contributed by atoms with van der Waals surface area (Å²) < 4.78 is 5.20. The van der Waals surface area contributed by atoms with E-state index in [9.17, 15) is 4.79 Å². The highest BCUT2D eigenvalue weighted by molar-refractivity contribution is 5.90. The minimum atomic E-state index is -0.118. The quantitative estimate of drug-likeness (QED) is 0.359. The number of aromatic nitrogens is 1. The summed E-state index contributed by atoms with van der Waals surface area (Å²) >= 11 is 0. The molecule has 0 bridgehead atoms. The fourth-order valence-corrected chi connectivity index (χ4v) is 1.62. The summed E-state index contributed by atoms with van der Waals surface area (Å²) in [4.78, 5) is 20.0. The maximum atomic E-state index is 11.7. The Balaban J connectivity index is 2.16. The summed E-state index contributed by atoms with van der Waals surface area (Å²) in [7, 11) is 0. The smallest absolute Gasteiger partial charge is 0.227 e. The van der Waals surface area contributed by atoms with E-state index in [4.69, 9.17) is 10.5 Å². The Kier molecular flexibility index (Phi) is 8.59. The van der Waals surface area contributed by atoms with Crippen LogP contribution >= 0.6 is 0 Å². The van der Waals surface area contributed by atoms with Crippen LogP contribution < -0.4 is 16.4 Å². The Morgan fingerprint density at radius 1 is 1.45 bits per heavy atom. The molecule has 1 aromatic heterocycles. The number of ether oxygens (including phenoxy) is 1. The second-order valence-electron chi connectivity index (χ2n) is 4.76. The molecule has 0 aromatic carbocycles. The lowest BCUT2D eigenvalue weighted by atomic mass is 10.3. The van der Waals surface area contributed by atoms with Crippen LogP contribution in [0, 0.1) is 6.92 Å². The highest BCUT2D eigenvalue weighted by atomic mass is 16.5. The Morgan fingerprint density at radius 3 is 2.95 bits per heavy atom. The van der Waals surface area contributed by atoms with Gasteiger partial charge in [0, 0.05) is 38.9 Å². The number of hydrogen-bond donors (Lipinski definition) is 3. The van der Waals surface area contributed by atoms with Crippen molar-refractivity contribution in [2.75, 3.05) is 31.6 Å². The van der Waals surface area contributed by atoms with Crippen molar-refractivity contribution in [2.24, 2.45) is 10.7 Å². The highest BCUT2D eigenvalue weighted by Crippen LogP contribution is 2.03. The van der Waals surface area contributed by atoms with E-state index in [1.54, 1.807) is 12.3 Å². The van der Waals surface area contributed by atoms with Crippen LogP contribution in [-0.2, 0) is 9.53 Å². The van der Waals surface area contributed by atoms with E-state index < -0.39 is 0 Å². The van der Waals surface area contributed by atoms with Gasteiger partial charge >= 0.3 is 0 Å². The van der Waals surface area contributed by atoms with Crippen LogP contribution in [0.25, 0.3) is 0 Å². The molecule has 0 unspecified atom stereocenters. The first-order valence-electron chi connectivity index (χ1n) is 7.46. The van der Waals surface area contributed by atoms with Crippen LogP contribution in [0.5, 0.6) is 0 Å². The van der Waals surface area contributed by atoms with Gasteiger partial charge in [0.05, 0.1) is 0 Å². The molecule has 0 atom stereocenters. The Labute approximate surface area is 131 Å². The maximum Gasteiger partial charge on any atom is 0.227 e. The van der Waals surface area contributed by atoms with E-state index in [2.05, 4.69) is 20.6 Å². The Hall–Kier alpha value is -2.15. The summed E-state index contributed by atoms with van der Waals surface area (Å²) in [5.41, 5.74) is 6.75. The first-order valence-corrected chi connectivity index (χ1v) is 7.46. The van der Waals surface area contributed by atoms with Crippen LogP contribution in [-0.4, -0.2) is 43.2 Å². The van der Waals surface area contributed by atoms with Crippen LogP contribution in [0.1, 0.15) is 25.3 Å². The number of carbonyl (C=O) groups is 1. The molecule has 4 N–H and O–H groups in total. The third-order valence-electron chi connectivity index (χ3n) is 2.77. The minimum absolute atomic E-state index is 0.118. The van der Waals surface area contributed by atoms with Crippen molar-refractivity contribution in [3.8, 4) is 0 Å². The molecule has 1 aromatic rings. The van der Waals surface area contributed by atoms with Crippen molar-refractivity contribution in [3.63, 3.8) is 0 Å². The van der Waals surface area contributed by atoms with Crippen LogP contribution in [0.4, 0.5) is 5.82 Å². The van der Waals surface area contributed by atoms with Crippen molar-refractivity contribution in [1.82, 2.24) is 10.3 Å². The Morgan fingerprint density at radius 2 is 2.27 bits per heavy atom. The highest BCUT2D eigenvalue weighted by Gasteiger charge is 2.03. The maximum absolute atomic E-state index is 11.7. The second-order valence-corrected chi connectivity index (χ2v) is 4.76. The van der Waals surface area contributed by atoms with E-state index in [0.29, 0.717) is 44.5 Å². The molecule has 1 rings (SSSR count). The van der Waals surface area contributed by atoms with Crippen LogP contribution in [0.2, 0.25) is 0 Å². The molecule has 0 aliphatic heterocycles. The van der Waals surface area contributed by atoms with Crippen molar-refractivity contribution in [1.29, 1.82) is 0 Å². The molecule has 0 saturated heterocycles. The van der Waals surface area contributed by atoms with Gasteiger partial charge in [0.1, 0.15) is 5.82 Å². The molecule has 0 radical (unpaired) electrons. The lowest BCUT2D eigenvalue weighted by Crippen LogP contribution is -2.34.